The molecule has 4 nitrogen and oxygen atoms in total. The minimum absolute atomic E-state index is 1.11. The van der Waals surface area contributed by atoms with Crippen LogP contribution in [0.4, 0.5) is 0 Å². The van der Waals surface area contributed by atoms with Gasteiger partial charge < -0.3 is 19.7 Å². The summed E-state index contributed by atoms with van der Waals surface area (Å²) >= 11 is 0. The second-order valence-corrected chi connectivity index (χ2v) is 0.957. The molecule has 0 aromatic carbocycles. The molecule has 0 aliphatic carbocycles. The number of ether oxygens (including phenoxy) is 2. The Labute approximate surface area is 41.3 Å². The zero-order valence-corrected chi connectivity index (χ0v) is 4.21. The van der Waals surface area contributed by atoms with Crippen molar-refractivity contribution in [3.05, 3.63) is 0 Å². The zero-order valence-electron chi connectivity index (χ0n) is 4.21. The fraction of sp³-hybridized carbons (Fsp3) is 1.00. The van der Waals surface area contributed by atoms with E-state index in [0.717, 1.165) is 14.2 Å². The largest absolute Gasteiger partial charge is 0.407 e. The predicted octanol–water partition coefficient (Wildman–Crippen LogP) is -1.12. The third-order valence-corrected chi connectivity index (χ3v) is 0.532. The lowest BCUT2D eigenvalue weighted by Gasteiger charge is -2.14. The molecule has 0 radical (unpaired) electrons. The Morgan fingerprint density at radius 2 is 1.43 bits per heavy atom. The molecule has 0 aromatic rings. The monoisotopic (exact) mass is 108 g/mol. The molecule has 0 saturated carbocycles. The Morgan fingerprint density at radius 3 is 1.43 bits per heavy atom. The van der Waals surface area contributed by atoms with Crippen molar-refractivity contribution >= 4 is 0 Å². The first-order valence-corrected chi connectivity index (χ1v) is 1.67. The maximum absolute atomic E-state index is 8.24. The van der Waals surface area contributed by atoms with Gasteiger partial charge in [0, 0.05) is 14.2 Å². The first-order chi connectivity index (χ1) is 3.12. The lowest BCUT2D eigenvalue weighted by molar-refractivity contribution is -0.455. The molecule has 0 aromatic heterocycles. The minimum atomic E-state index is -2.42. The number of rotatable bonds is 2. The highest BCUT2D eigenvalue weighted by atomic mass is 16.9. The fourth-order valence-corrected chi connectivity index (χ4v) is 0.0833. The van der Waals surface area contributed by atoms with Crippen LogP contribution in [0, 0.1) is 0 Å². The third kappa shape index (κ3) is 2.52. The van der Waals surface area contributed by atoms with Gasteiger partial charge in [-0.05, 0) is 0 Å². The van der Waals surface area contributed by atoms with E-state index in [1.165, 1.54) is 0 Å². The summed E-state index contributed by atoms with van der Waals surface area (Å²) in [5.41, 5.74) is 0. The molecule has 0 bridgehead atoms. The van der Waals surface area contributed by atoms with Gasteiger partial charge in [-0.1, -0.05) is 0 Å². The molecule has 0 aliphatic rings. The maximum Gasteiger partial charge on any atom is 0.407 e. The van der Waals surface area contributed by atoms with Gasteiger partial charge in [-0.25, -0.2) is 0 Å². The quantitative estimate of drug-likeness (QED) is 0.440. The Kier molecular flexibility index (Phi) is 2.17. The van der Waals surface area contributed by atoms with Crippen molar-refractivity contribution in [1.29, 1.82) is 0 Å². The van der Waals surface area contributed by atoms with E-state index in [1.54, 1.807) is 0 Å². The Morgan fingerprint density at radius 1 is 1.14 bits per heavy atom. The van der Waals surface area contributed by atoms with Crippen LogP contribution in [0.15, 0.2) is 0 Å². The molecule has 0 spiro atoms. The van der Waals surface area contributed by atoms with Crippen LogP contribution in [-0.2, 0) is 9.47 Å². The van der Waals surface area contributed by atoms with Gasteiger partial charge in [0.1, 0.15) is 0 Å². The van der Waals surface area contributed by atoms with E-state index in [0.29, 0.717) is 0 Å². The molecule has 0 unspecified atom stereocenters. The average molecular weight is 108 g/mol. The summed E-state index contributed by atoms with van der Waals surface area (Å²) in [7, 11) is 2.23. The van der Waals surface area contributed by atoms with Crippen molar-refractivity contribution < 1.29 is 19.7 Å². The lowest BCUT2D eigenvalue weighted by atomic mass is 11.1. The summed E-state index contributed by atoms with van der Waals surface area (Å²) in [6, 6.07) is 0. The number of methoxy groups -OCH3 is 2. The summed E-state index contributed by atoms with van der Waals surface area (Å²) in [6.07, 6.45) is -2.42. The molecule has 0 atom stereocenters. The molecule has 0 fully saturated rings. The van der Waals surface area contributed by atoms with Crippen molar-refractivity contribution in [2.45, 2.75) is 6.16 Å². The lowest BCUT2D eigenvalue weighted by Crippen LogP contribution is -2.32. The van der Waals surface area contributed by atoms with Gasteiger partial charge in [-0.15, -0.1) is 0 Å². The normalized spacial score (nSPS) is 12.0. The number of aliphatic hydroxyl groups is 2. The Bertz CT molecular complexity index is 44.9. The zero-order chi connectivity index (χ0) is 5.91. The molecule has 4 heteroatoms. The van der Waals surface area contributed by atoms with E-state index in [4.69, 9.17) is 10.2 Å². The second kappa shape index (κ2) is 2.23. The van der Waals surface area contributed by atoms with Gasteiger partial charge in [0.05, 0.1) is 0 Å². The summed E-state index contributed by atoms with van der Waals surface area (Å²) < 4.78 is 7.95. The topological polar surface area (TPSA) is 58.9 Å². The van der Waals surface area contributed by atoms with E-state index < -0.39 is 6.16 Å². The molecule has 0 aliphatic heterocycles. The van der Waals surface area contributed by atoms with Crippen molar-refractivity contribution in [3.8, 4) is 0 Å². The molecule has 0 heterocycles. The molecule has 0 amide bonds. The fourth-order valence-electron chi connectivity index (χ4n) is 0.0833. The standard InChI is InChI=1S/C3H8O4/c1-6-3(4,5)7-2/h4-5H,1-2H3. The molecule has 2 N–H and O–H groups in total. The van der Waals surface area contributed by atoms with Crippen molar-refractivity contribution in [2.75, 3.05) is 14.2 Å². The van der Waals surface area contributed by atoms with Crippen molar-refractivity contribution in [3.63, 3.8) is 0 Å². The van der Waals surface area contributed by atoms with Gasteiger partial charge in [-0.3, -0.25) is 0 Å². The minimum Gasteiger partial charge on any atom is -0.319 e. The average Bonchev–Trinajstić information content (AvgIpc) is 1.68. The van der Waals surface area contributed by atoms with Crippen molar-refractivity contribution in [1.82, 2.24) is 0 Å². The predicted molar refractivity (Wildman–Crippen MR) is 21.2 cm³/mol. The molecular weight excluding hydrogens is 100 g/mol. The first-order valence-electron chi connectivity index (χ1n) is 1.67. The van der Waals surface area contributed by atoms with Crippen LogP contribution in [0.2, 0.25) is 0 Å². The highest BCUT2D eigenvalue weighted by Crippen LogP contribution is 1.96. The molecule has 0 saturated heterocycles. The molecule has 0 rings (SSSR count). The van der Waals surface area contributed by atoms with Gasteiger partial charge >= 0.3 is 6.16 Å². The second-order valence-electron chi connectivity index (χ2n) is 0.957. The van der Waals surface area contributed by atoms with Crippen LogP contribution >= 0.6 is 0 Å². The van der Waals surface area contributed by atoms with Crippen LogP contribution in [0.1, 0.15) is 0 Å². The molecular formula is C3H8O4. The third-order valence-electron chi connectivity index (χ3n) is 0.532. The van der Waals surface area contributed by atoms with Crippen LogP contribution in [-0.4, -0.2) is 30.6 Å². The van der Waals surface area contributed by atoms with Crippen LogP contribution in [0.5, 0.6) is 0 Å². The van der Waals surface area contributed by atoms with E-state index in [1.807, 2.05) is 0 Å². The van der Waals surface area contributed by atoms with Crippen LogP contribution < -0.4 is 0 Å². The van der Waals surface area contributed by atoms with Crippen LogP contribution in [0.3, 0.4) is 0 Å². The Balaban J connectivity index is 3.36. The Hall–Kier alpha value is -0.160. The highest BCUT2D eigenvalue weighted by molar-refractivity contribution is 4.17. The van der Waals surface area contributed by atoms with Gasteiger partial charge in [0.2, 0.25) is 0 Å². The first kappa shape index (κ1) is 6.84. The number of hydrogen-bond donors (Lipinski definition) is 2. The van der Waals surface area contributed by atoms with Gasteiger partial charge in [0.15, 0.2) is 0 Å². The van der Waals surface area contributed by atoms with Gasteiger partial charge in [-0.2, -0.15) is 0 Å². The summed E-state index contributed by atoms with van der Waals surface area (Å²) in [5, 5.41) is 16.5. The maximum atomic E-state index is 8.24. The smallest absolute Gasteiger partial charge is 0.319 e. The van der Waals surface area contributed by atoms with Crippen LogP contribution in [0.25, 0.3) is 0 Å². The molecule has 7 heavy (non-hydrogen) atoms. The van der Waals surface area contributed by atoms with E-state index in [9.17, 15) is 0 Å². The number of hydrogen-bond acceptors (Lipinski definition) is 4. The van der Waals surface area contributed by atoms with E-state index in [2.05, 4.69) is 9.47 Å². The van der Waals surface area contributed by atoms with Gasteiger partial charge in [0.25, 0.3) is 0 Å². The van der Waals surface area contributed by atoms with Crippen molar-refractivity contribution in [2.24, 2.45) is 0 Å². The molecule has 44 valence electrons. The highest BCUT2D eigenvalue weighted by Gasteiger charge is 2.19. The SMILES string of the molecule is COC(O)(O)OC. The van der Waals surface area contributed by atoms with E-state index in [-0.39, 0.29) is 0 Å². The summed E-state index contributed by atoms with van der Waals surface area (Å²) in [5.74, 6) is 0. The summed E-state index contributed by atoms with van der Waals surface area (Å²) in [4.78, 5) is 0. The van der Waals surface area contributed by atoms with E-state index >= 15 is 0 Å². The summed E-state index contributed by atoms with van der Waals surface area (Å²) in [6.45, 7) is 0.